The average Bonchev–Trinajstić information content (AvgIpc) is 3.36. The summed E-state index contributed by atoms with van der Waals surface area (Å²) >= 11 is 5.89. The maximum absolute atomic E-state index is 14.2. The number of hydrogen-bond donors (Lipinski definition) is 1. The van der Waals surface area contributed by atoms with Crippen molar-refractivity contribution < 1.29 is 14.0 Å². The van der Waals surface area contributed by atoms with Crippen LogP contribution >= 0.6 is 11.6 Å². The second-order valence-corrected chi connectivity index (χ2v) is 10.8. The van der Waals surface area contributed by atoms with Crippen molar-refractivity contribution >= 4 is 34.4 Å². The normalized spacial score (nSPS) is 18.0. The van der Waals surface area contributed by atoms with Gasteiger partial charge in [0.2, 0.25) is 5.91 Å². The number of hydrogen-bond acceptors (Lipinski definition) is 3. The molecule has 6 nitrogen and oxygen atoms in total. The third-order valence-electron chi connectivity index (χ3n) is 7.07. The number of halogens is 2. The fourth-order valence-corrected chi connectivity index (χ4v) is 5.19. The van der Waals surface area contributed by atoms with Crippen molar-refractivity contribution in [3.63, 3.8) is 0 Å². The summed E-state index contributed by atoms with van der Waals surface area (Å²) in [5, 5.41) is 4.04. The second kappa shape index (κ2) is 8.08. The Morgan fingerprint density at radius 3 is 2.50 bits per heavy atom. The van der Waals surface area contributed by atoms with Gasteiger partial charge in [-0.3, -0.25) is 9.59 Å². The SMILES string of the molecule is CC(C)(C)n1cc(-c2ccc(Cl)c(F)c2)c2ccc(C(=O)N3CCC4(CCC(=O)N4)CC3)nc21. The first kappa shape index (κ1) is 22.8. The molecule has 8 heteroatoms. The van der Waals surface area contributed by atoms with E-state index in [0.29, 0.717) is 36.4 Å². The van der Waals surface area contributed by atoms with E-state index in [4.69, 9.17) is 16.6 Å². The van der Waals surface area contributed by atoms with Crippen LogP contribution in [-0.2, 0) is 10.3 Å². The number of piperidine rings is 1. The average molecular weight is 483 g/mol. The minimum Gasteiger partial charge on any atom is -0.351 e. The van der Waals surface area contributed by atoms with Crippen LogP contribution in [0.1, 0.15) is 56.9 Å². The summed E-state index contributed by atoms with van der Waals surface area (Å²) in [6.45, 7) is 7.38. The Morgan fingerprint density at radius 2 is 1.88 bits per heavy atom. The first-order chi connectivity index (χ1) is 16.1. The molecule has 0 aliphatic carbocycles. The summed E-state index contributed by atoms with van der Waals surface area (Å²) in [4.78, 5) is 31.6. The first-order valence-electron chi connectivity index (χ1n) is 11.6. The lowest BCUT2D eigenvalue weighted by Gasteiger charge is -2.39. The van der Waals surface area contributed by atoms with Gasteiger partial charge in [0.1, 0.15) is 17.2 Å². The third-order valence-corrected chi connectivity index (χ3v) is 7.37. The number of nitrogens with zero attached hydrogens (tertiary/aromatic N) is 3. The molecule has 0 radical (unpaired) electrons. The lowest BCUT2D eigenvalue weighted by atomic mass is 9.86. The smallest absolute Gasteiger partial charge is 0.272 e. The molecular formula is C26H28ClFN4O2. The number of rotatable bonds is 2. The number of benzene rings is 1. The van der Waals surface area contributed by atoms with E-state index in [1.165, 1.54) is 6.07 Å². The Morgan fingerprint density at radius 1 is 1.15 bits per heavy atom. The van der Waals surface area contributed by atoms with Crippen molar-refractivity contribution in [1.82, 2.24) is 19.8 Å². The molecule has 0 bridgehead atoms. The molecule has 0 atom stereocenters. The van der Waals surface area contributed by atoms with Gasteiger partial charge in [0.25, 0.3) is 5.91 Å². The molecule has 1 aromatic carbocycles. The molecule has 2 saturated heterocycles. The van der Waals surface area contributed by atoms with Crippen LogP contribution in [-0.4, -0.2) is 44.9 Å². The van der Waals surface area contributed by atoms with Gasteiger partial charge < -0.3 is 14.8 Å². The van der Waals surface area contributed by atoms with Crippen LogP contribution in [0.15, 0.2) is 36.5 Å². The summed E-state index contributed by atoms with van der Waals surface area (Å²) in [7, 11) is 0. The molecule has 178 valence electrons. The molecule has 4 heterocycles. The van der Waals surface area contributed by atoms with Crippen LogP contribution in [0.25, 0.3) is 22.2 Å². The maximum atomic E-state index is 14.2. The van der Waals surface area contributed by atoms with Crippen molar-refractivity contribution in [3.05, 3.63) is 53.1 Å². The molecule has 2 amide bonds. The van der Waals surface area contributed by atoms with Crippen LogP contribution in [0, 0.1) is 5.82 Å². The third kappa shape index (κ3) is 3.96. The largest absolute Gasteiger partial charge is 0.351 e. The summed E-state index contributed by atoms with van der Waals surface area (Å²) < 4.78 is 16.2. The van der Waals surface area contributed by atoms with Gasteiger partial charge in [0, 0.05) is 47.7 Å². The molecule has 34 heavy (non-hydrogen) atoms. The summed E-state index contributed by atoms with van der Waals surface area (Å²) in [6.07, 6.45) is 4.89. The number of likely N-dealkylation sites (tertiary alicyclic amines) is 1. The quantitative estimate of drug-likeness (QED) is 0.550. The number of aromatic nitrogens is 2. The fraction of sp³-hybridized carbons (Fsp3) is 0.423. The number of amides is 2. The van der Waals surface area contributed by atoms with Crippen LogP contribution in [0.4, 0.5) is 4.39 Å². The van der Waals surface area contributed by atoms with Gasteiger partial charge in [-0.1, -0.05) is 17.7 Å². The Labute approximate surface area is 203 Å². The van der Waals surface area contributed by atoms with Gasteiger partial charge >= 0.3 is 0 Å². The van der Waals surface area contributed by atoms with Crippen LogP contribution in [0.3, 0.4) is 0 Å². The van der Waals surface area contributed by atoms with E-state index in [-0.39, 0.29) is 27.9 Å². The topological polar surface area (TPSA) is 67.2 Å². The molecule has 0 unspecified atom stereocenters. The highest BCUT2D eigenvalue weighted by molar-refractivity contribution is 6.30. The monoisotopic (exact) mass is 482 g/mol. The zero-order valence-corrected chi connectivity index (χ0v) is 20.4. The van der Waals surface area contributed by atoms with E-state index in [0.717, 1.165) is 30.2 Å². The first-order valence-corrected chi connectivity index (χ1v) is 12.0. The zero-order chi connectivity index (χ0) is 24.3. The molecule has 2 aliphatic heterocycles. The predicted octanol–water partition coefficient (Wildman–Crippen LogP) is 5.14. The van der Waals surface area contributed by atoms with Gasteiger partial charge in [-0.15, -0.1) is 0 Å². The number of pyridine rings is 1. The molecule has 5 rings (SSSR count). The number of carbonyl (C=O) groups excluding carboxylic acids is 2. The highest BCUT2D eigenvalue weighted by Gasteiger charge is 2.41. The number of fused-ring (bicyclic) bond motifs is 1. The lowest BCUT2D eigenvalue weighted by molar-refractivity contribution is -0.120. The molecular weight excluding hydrogens is 455 g/mol. The van der Waals surface area contributed by atoms with E-state index in [1.807, 2.05) is 21.7 Å². The fourth-order valence-electron chi connectivity index (χ4n) is 5.07. The van der Waals surface area contributed by atoms with Crippen molar-refractivity contribution in [3.8, 4) is 11.1 Å². The highest BCUT2D eigenvalue weighted by atomic mass is 35.5. The highest BCUT2D eigenvalue weighted by Crippen LogP contribution is 2.35. The van der Waals surface area contributed by atoms with Crippen molar-refractivity contribution in [2.75, 3.05) is 13.1 Å². The molecule has 2 aromatic heterocycles. The summed E-state index contributed by atoms with van der Waals surface area (Å²) in [6, 6.07) is 8.40. The van der Waals surface area contributed by atoms with E-state index >= 15 is 0 Å². The predicted molar refractivity (Wildman–Crippen MR) is 130 cm³/mol. The van der Waals surface area contributed by atoms with Crippen molar-refractivity contribution in [1.29, 1.82) is 0 Å². The molecule has 1 N–H and O–H groups in total. The zero-order valence-electron chi connectivity index (χ0n) is 19.6. The van der Waals surface area contributed by atoms with E-state index in [2.05, 4.69) is 26.1 Å². The van der Waals surface area contributed by atoms with Crippen molar-refractivity contribution in [2.24, 2.45) is 0 Å². The molecule has 2 fully saturated rings. The minimum absolute atomic E-state index is 0.0785. The minimum atomic E-state index is -0.475. The van der Waals surface area contributed by atoms with Gasteiger partial charge in [0.15, 0.2) is 0 Å². The summed E-state index contributed by atoms with van der Waals surface area (Å²) in [5.41, 5.74) is 2.15. The van der Waals surface area contributed by atoms with Gasteiger partial charge in [-0.05, 0) is 69.9 Å². The van der Waals surface area contributed by atoms with Gasteiger partial charge in [0.05, 0.1) is 5.02 Å². The van der Waals surface area contributed by atoms with Crippen LogP contribution in [0.5, 0.6) is 0 Å². The van der Waals surface area contributed by atoms with Gasteiger partial charge in [-0.2, -0.15) is 0 Å². The molecule has 3 aromatic rings. The van der Waals surface area contributed by atoms with Crippen LogP contribution < -0.4 is 5.32 Å². The number of nitrogens with one attached hydrogen (secondary N) is 1. The number of carbonyl (C=O) groups is 2. The Balaban J connectivity index is 1.48. The Kier molecular flexibility index (Phi) is 5.43. The summed E-state index contributed by atoms with van der Waals surface area (Å²) in [5.74, 6) is -0.482. The molecule has 0 saturated carbocycles. The standard InChI is InChI=1S/C26H28ClFN4O2/c1-25(2,3)32-15-18(16-4-6-19(27)20(28)14-16)17-5-7-21(29-23(17)32)24(34)31-12-10-26(11-13-31)9-8-22(33)30-26/h4-7,14-15H,8-13H2,1-3H3,(H,30,33). The van der Waals surface area contributed by atoms with Crippen LogP contribution in [0.2, 0.25) is 5.02 Å². The molecule has 2 aliphatic rings. The second-order valence-electron chi connectivity index (χ2n) is 10.4. The molecule has 1 spiro atoms. The lowest BCUT2D eigenvalue weighted by Crippen LogP contribution is -2.52. The van der Waals surface area contributed by atoms with Gasteiger partial charge in [-0.25, -0.2) is 9.37 Å². The Bertz CT molecular complexity index is 1300. The van der Waals surface area contributed by atoms with Crippen molar-refractivity contribution in [2.45, 2.75) is 57.5 Å². The van der Waals surface area contributed by atoms with E-state index in [9.17, 15) is 14.0 Å². The van der Waals surface area contributed by atoms with E-state index in [1.54, 1.807) is 18.2 Å². The Hall–Kier alpha value is -2.93. The van der Waals surface area contributed by atoms with E-state index < -0.39 is 5.82 Å². The maximum Gasteiger partial charge on any atom is 0.272 e.